The van der Waals surface area contributed by atoms with Crippen LogP contribution in [0, 0.1) is 17.1 Å². The van der Waals surface area contributed by atoms with Crippen molar-refractivity contribution in [3.05, 3.63) is 59.7 Å². The number of hydrogen-bond donors (Lipinski definition) is 1. The van der Waals surface area contributed by atoms with Gasteiger partial charge in [0, 0.05) is 22.9 Å². The topological polar surface area (TPSA) is 48.7 Å². The highest BCUT2D eigenvalue weighted by molar-refractivity contribution is 7.97. The Morgan fingerprint density at radius 3 is 2.59 bits per heavy atom. The fourth-order valence-electron chi connectivity index (χ4n) is 1.68. The van der Waals surface area contributed by atoms with Gasteiger partial charge in [0.1, 0.15) is 17.9 Å². The molecule has 3 nitrogen and oxygen atoms in total. The molecular formula is C14H9F4N3S. The monoisotopic (exact) mass is 327 g/mol. The maximum Gasteiger partial charge on any atom is 0.408 e. The van der Waals surface area contributed by atoms with E-state index >= 15 is 0 Å². The average Bonchev–Trinajstić information content (AvgIpc) is 2.48. The second-order valence-corrected chi connectivity index (χ2v) is 5.15. The third kappa shape index (κ3) is 3.96. The summed E-state index contributed by atoms with van der Waals surface area (Å²) in [7, 11) is 0. The van der Waals surface area contributed by atoms with E-state index in [1.165, 1.54) is 30.6 Å². The van der Waals surface area contributed by atoms with Crippen LogP contribution in [-0.2, 0) is 0 Å². The molecule has 1 aromatic carbocycles. The number of rotatable bonds is 4. The van der Waals surface area contributed by atoms with Crippen LogP contribution < -0.4 is 4.72 Å². The number of benzene rings is 1. The normalized spacial score (nSPS) is 12.7. The van der Waals surface area contributed by atoms with Gasteiger partial charge in [-0.05, 0) is 24.1 Å². The van der Waals surface area contributed by atoms with Crippen LogP contribution in [0.15, 0.2) is 47.6 Å². The van der Waals surface area contributed by atoms with Gasteiger partial charge in [0.2, 0.25) is 0 Å². The number of alkyl halides is 3. The van der Waals surface area contributed by atoms with Crippen LogP contribution in [0.1, 0.15) is 17.2 Å². The largest absolute Gasteiger partial charge is 0.408 e. The number of halogens is 4. The van der Waals surface area contributed by atoms with Crippen molar-refractivity contribution >= 4 is 11.9 Å². The van der Waals surface area contributed by atoms with Gasteiger partial charge in [0.15, 0.2) is 0 Å². The lowest BCUT2D eigenvalue weighted by Gasteiger charge is -2.21. The summed E-state index contributed by atoms with van der Waals surface area (Å²) in [6, 6.07) is 5.75. The SMILES string of the molecule is N#Cc1cncc(SNC(c2ccccc2F)C(F)(F)F)c1. The molecule has 22 heavy (non-hydrogen) atoms. The summed E-state index contributed by atoms with van der Waals surface area (Å²) in [6.07, 6.45) is -2.06. The zero-order valence-corrected chi connectivity index (χ0v) is 11.7. The van der Waals surface area contributed by atoms with Gasteiger partial charge in [-0.3, -0.25) is 4.98 Å². The zero-order valence-electron chi connectivity index (χ0n) is 10.9. The highest BCUT2D eigenvalue weighted by atomic mass is 32.2. The molecule has 8 heteroatoms. The second kappa shape index (κ2) is 6.77. The number of aromatic nitrogens is 1. The molecule has 0 aliphatic rings. The Balaban J connectivity index is 2.22. The Kier molecular flexibility index (Phi) is 5.00. The van der Waals surface area contributed by atoms with Gasteiger partial charge in [0.25, 0.3) is 0 Å². The van der Waals surface area contributed by atoms with E-state index in [0.717, 1.165) is 12.1 Å². The summed E-state index contributed by atoms with van der Waals surface area (Å²) in [6.45, 7) is 0. The number of pyridine rings is 1. The summed E-state index contributed by atoms with van der Waals surface area (Å²) in [5.74, 6) is -0.943. The van der Waals surface area contributed by atoms with Crippen molar-refractivity contribution in [2.75, 3.05) is 0 Å². The molecule has 0 radical (unpaired) electrons. The highest BCUT2D eigenvalue weighted by Crippen LogP contribution is 2.36. The molecule has 0 bridgehead atoms. The third-order valence-corrected chi connectivity index (χ3v) is 3.49. The molecule has 0 fully saturated rings. The molecule has 2 rings (SSSR count). The number of nitriles is 1. The Morgan fingerprint density at radius 1 is 1.23 bits per heavy atom. The third-order valence-electron chi connectivity index (χ3n) is 2.68. The van der Waals surface area contributed by atoms with Crippen molar-refractivity contribution in [1.82, 2.24) is 9.71 Å². The fourth-order valence-corrected chi connectivity index (χ4v) is 2.49. The molecule has 114 valence electrons. The minimum Gasteiger partial charge on any atom is -0.262 e. The van der Waals surface area contributed by atoms with Crippen LogP contribution in [0.25, 0.3) is 0 Å². The van der Waals surface area contributed by atoms with Crippen molar-refractivity contribution < 1.29 is 17.6 Å². The van der Waals surface area contributed by atoms with Gasteiger partial charge in [-0.25, -0.2) is 9.11 Å². The average molecular weight is 327 g/mol. The highest BCUT2D eigenvalue weighted by Gasteiger charge is 2.42. The van der Waals surface area contributed by atoms with Gasteiger partial charge in [-0.2, -0.15) is 18.4 Å². The van der Waals surface area contributed by atoms with E-state index in [2.05, 4.69) is 9.71 Å². The molecule has 0 saturated carbocycles. The Labute approximate surface area is 128 Å². The minimum atomic E-state index is -4.67. The summed E-state index contributed by atoms with van der Waals surface area (Å²) < 4.78 is 55.2. The number of nitrogens with zero attached hydrogens (tertiary/aromatic N) is 2. The molecular weight excluding hydrogens is 318 g/mol. The molecule has 0 saturated heterocycles. The summed E-state index contributed by atoms with van der Waals surface area (Å²) in [4.78, 5) is 4.07. The van der Waals surface area contributed by atoms with E-state index in [-0.39, 0.29) is 5.56 Å². The Hall–Kier alpha value is -2.11. The quantitative estimate of drug-likeness (QED) is 0.681. The van der Waals surface area contributed by atoms with Crippen LogP contribution in [0.5, 0.6) is 0 Å². The van der Waals surface area contributed by atoms with Crippen LogP contribution in [0.3, 0.4) is 0 Å². The molecule has 0 aliphatic carbocycles. The lowest BCUT2D eigenvalue weighted by molar-refractivity contribution is -0.153. The number of hydrogen-bond acceptors (Lipinski definition) is 4. The number of nitrogens with one attached hydrogen (secondary N) is 1. The van der Waals surface area contributed by atoms with Gasteiger partial charge < -0.3 is 0 Å². The first-order chi connectivity index (χ1) is 10.4. The summed E-state index contributed by atoms with van der Waals surface area (Å²) in [5, 5.41) is 8.73. The molecule has 1 N–H and O–H groups in total. The van der Waals surface area contributed by atoms with E-state index in [4.69, 9.17) is 5.26 Å². The maximum absolute atomic E-state index is 13.6. The van der Waals surface area contributed by atoms with Crippen LogP contribution >= 0.6 is 11.9 Å². The molecule has 0 aliphatic heterocycles. The van der Waals surface area contributed by atoms with Crippen LogP contribution in [0.4, 0.5) is 17.6 Å². The predicted octanol–water partition coefficient (Wildman–Crippen LogP) is 3.99. The minimum absolute atomic E-state index is 0.223. The molecule has 1 atom stereocenters. The lowest BCUT2D eigenvalue weighted by Crippen LogP contribution is -2.31. The van der Waals surface area contributed by atoms with Crippen molar-refractivity contribution in [3.63, 3.8) is 0 Å². The van der Waals surface area contributed by atoms with Crippen molar-refractivity contribution in [1.29, 1.82) is 5.26 Å². The first-order valence-electron chi connectivity index (χ1n) is 6.00. The van der Waals surface area contributed by atoms with E-state index in [9.17, 15) is 17.6 Å². The van der Waals surface area contributed by atoms with E-state index in [1.54, 1.807) is 0 Å². The molecule has 0 spiro atoms. The zero-order chi connectivity index (χ0) is 16.2. The molecule has 1 aromatic heterocycles. The van der Waals surface area contributed by atoms with Crippen molar-refractivity contribution in [2.45, 2.75) is 17.1 Å². The van der Waals surface area contributed by atoms with Crippen molar-refractivity contribution in [3.8, 4) is 6.07 Å². The molecule has 1 unspecified atom stereocenters. The molecule has 1 heterocycles. The summed E-state index contributed by atoms with van der Waals surface area (Å²) >= 11 is 0.638. The van der Waals surface area contributed by atoms with Gasteiger partial charge in [0.05, 0.1) is 5.56 Å². The fraction of sp³-hybridized carbons (Fsp3) is 0.143. The molecule has 2 aromatic rings. The molecule has 0 amide bonds. The van der Waals surface area contributed by atoms with E-state index in [0.29, 0.717) is 16.8 Å². The van der Waals surface area contributed by atoms with Gasteiger partial charge >= 0.3 is 6.18 Å². The smallest absolute Gasteiger partial charge is 0.262 e. The van der Waals surface area contributed by atoms with Crippen LogP contribution in [0.2, 0.25) is 0 Å². The maximum atomic E-state index is 13.6. The lowest BCUT2D eigenvalue weighted by atomic mass is 10.1. The Bertz CT molecular complexity index is 697. The van der Waals surface area contributed by atoms with Crippen molar-refractivity contribution in [2.24, 2.45) is 0 Å². The second-order valence-electron chi connectivity index (χ2n) is 4.24. The van der Waals surface area contributed by atoms with E-state index < -0.39 is 23.6 Å². The predicted molar refractivity (Wildman–Crippen MR) is 73.1 cm³/mol. The van der Waals surface area contributed by atoms with Gasteiger partial charge in [-0.15, -0.1) is 0 Å². The first-order valence-corrected chi connectivity index (χ1v) is 6.82. The summed E-state index contributed by atoms with van der Waals surface area (Å²) in [5.41, 5.74) is -0.270. The standard InChI is InChI=1S/C14H9F4N3S/c15-12-4-2-1-3-11(12)13(14(16,17)18)21-22-10-5-9(6-19)7-20-8-10/h1-5,7-8,13,21H. The van der Waals surface area contributed by atoms with Crippen LogP contribution in [-0.4, -0.2) is 11.2 Å². The first kappa shape index (κ1) is 16.3. The Morgan fingerprint density at radius 2 is 1.95 bits per heavy atom. The van der Waals surface area contributed by atoms with E-state index in [1.807, 2.05) is 6.07 Å². The van der Waals surface area contributed by atoms with Gasteiger partial charge in [-0.1, -0.05) is 18.2 Å².